The van der Waals surface area contributed by atoms with E-state index in [9.17, 15) is 13.2 Å². The van der Waals surface area contributed by atoms with Gasteiger partial charge in [0.2, 0.25) is 6.79 Å². The average molecular weight is 429 g/mol. The van der Waals surface area contributed by atoms with Gasteiger partial charge in [0.15, 0.2) is 21.3 Å². The molecule has 0 fully saturated rings. The molecule has 9 heteroatoms. The number of amides is 1. The van der Waals surface area contributed by atoms with Crippen molar-refractivity contribution in [3.05, 3.63) is 72.2 Å². The van der Waals surface area contributed by atoms with Gasteiger partial charge in [-0.15, -0.1) is 0 Å². The van der Waals surface area contributed by atoms with Crippen LogP contribution in [0.3, 0.4) is 0 Å². The van der Waals surface area contributed by atoms with Crippen molar-refractivity contribution < 1.29 is 31.8 Å². The van der Waals surface area contributed by atoms with Crippen LogP contribution in [0.5, 0.6) is 17.2 Å². The lowest BCUT2D eigenvalue weighted by atomic mass is 10.2. The summed E-state index contributed by atoms with van der Waals surface area (Å²) in [6, 6.07) is 14.0. The molecule has 1 aromatic heterocycles. The molecule has 8 nitrogen and oxygen atoms in total. The first-order valence-corrected chi connectivity index (χ1v) is 10.6. The summed E-state index contributed by atoms with van der Waals surface area (Å²) in [5, 5.41) is 1.58. The van der Waals surface area contributed by atoms with Crippen LogP contribution in [0.4, 0.5) is 0 Å². The minimum Gasteiger partial charge on any atom is -0.497 e. The predicted octanol–water partition coefficient (Wildman–Crippen LogP) is 2.96. The number of sulfone groups is 1. The standard InChI is InChI=1S/C21H19NO7S/c1-26-15-5-7-16(8-6-15)30(24,25)20(18-3-2-10-27-18)12-22-21(23)14-4-9-17-19(11-14)29-13-28-17/h2-11,20H,12-13H2,1H3,(H,22,23)/t20-/m1/s1. The van der Waals surface area contributed by atoms with Gasteiger partial charge in [0.05, 0.1) is 18.3 Å². The summed E-state index contributed by atoms with van der Waals surface area (Å²) in [5.41, 5.74) is 0.333. The van der Waals surface area contributed by atoms with E-state index in [1.165, 1.54) is 25.5 Å². The molecule has 2 heterocycles. The minimum atomic E-state index is -3.85. The Labute approximate surface area is 173 Å². The smallest absolute Gasteiger partial charge is 0.251 e. The normalized spacial score (nSPS) is 13.6. The maximum absolute atomic E-state index is 13.2. The lowest BCUT2D eigenvalue weighted by Crippen LogP contribution is -2.31. The molecule has 0 saturated carbocycles. The van der Waals surface area contributed by atoms with Crippen molar-refractivity contribution in [2.24, 2.45) is 0 Å². The zero-order valence-electron chi connectivity index (χ0n) is 16.0. The first-order valence-electron chi connectivity index (χ1n) is 9.08. The first kappa shape index (κ1) is 19.8. The van der Waals surface area contributed by atoms with Gasteiger partial charge < -0.3 is 23.9 Å². The molecule has 0 unspecified atom stereocenters. The fourth-order valence-electron chi connectivity index (χ4n) is 3.09. The second-order valence-corrected chi connectivity index (χ2v) is 8.63. The number of carbonyl (C=O) groups is 1. The summed E-state index contributed by atoms with van der Waals surface area (Å²) in [6.07, 6.45) is 1.39. The highest BCUT2D eigenvalue weighted by molar-refractivity contribution is 7.91. The Kier molecular flexibility index (Phi) is 5.37. The number of nitrogens with one attached hydrogen (secondary N) is 1. The lowest BCUT2D eigenvalue weighted by Gasteiger charge is -2.17. The Morgan fingerprint density at radius 3 is 2.57 bits per heavy atom. The molecular weight excluding hydrogens is 410 g/mol. The maximum atomic E-state index is 13.2. The van der Waals surface area contributed by atoms with Gasteiger partial charge in [-0.1, -0.05) is 0 Å². The number of rotatable bonds is 7. The second kappa shape index (κ2) is 8.11. The highest BCUT2D eigenvalue weighted by Gasteiger charge is 2.32. The van der Waals surface area contributed by atoms with Gasteiger partial charge in [0.1, 0.15) is 16.8 Å². The second-order valence-electron chi connectivity index (χ2n) is 6.50. The van der Waals surface area contributed by atoms with Crippen molar-refractivity contribution in [2.45, 2.75) is 10.1 Å². The molecule has 0 radical (unpaired) electrons. The van der Waals surface area contributed by atoms with Crippen LogP contribution < -0.4 is 19.5 Å². The van der Waals surface area contributed by atoms with E-state index in [2.05, 4.69) is 5.32 Å². The molecule has 0 saturated heterocycles. The zero-order valence-corrected chi connectivity index (χ0v) is 16.8. The maximum Gasteiger partial charge on any atom is 0.251 e. The number of carbonyl (C=O) groups excluding carboxylic acids is 1. The van der Waals surface area contributed by atoms with Gasteiger partial charge in [-0.05, 0) is 54.6 Å². The van der Waals surface area contributed by atoms with E-state index in [-0.39, 0.29) is 24.0 Å². The van der Waals surface area contributed by atoms with Gasteiger partial charge >= 0.3 is 0 Å². The molecule has 30 heavy (non-hydrogen) atoms. The van der Waals surface area contributed by atoms with E-state index in [0.717, 1.165) is 0 Å². The van der Waals surface area contributed by atoms with Crippen LogP contribution in [0.25, 0.3) is 0 Å². The fraction of sp³-hybridized carbons (Fsp3) is 0.190. The molecule has 3 aromatic rings. The van der Waals surface area contributed by atoms with Crippen LogP contribution in [0, 0.1) is 0 Å². The molecule has 1 atom stereocenters. The van der Waals surface area contributed by atoms with Crippen LogP contribution in [0.1, 0.15) is 21.4 Å². The van der Waals surface area contributed by atoms with Crippen molar-refractivity contribution in [1.29, 1.82) is 0 Å². The Hall–Kier alpha value is -3.46. The van der Waals surface area contributed by atoms with E-state index in [1.807, 2.05) is 0 Å². The Bertz CT molecular complexity index is 1140. The van der Waals surface area contributed by atoms with Gasteiger partial charge in [0.25, 0.3) is 5.91 Å². The van der Waals surface area contributed by atoms with Crippen LogP contribution in [0.2, 0.25) is 0 Å². The highest BCUT2D eigenvalue weighted by Crippen LogP contribution is 2.33. The van der Waals surface area contributed by atoms with Gasteiger partial charge in [-0.3, -0.25) is 4.79 Å². The van der Waals surface area contributed by atoms with Crippen LogP contribution in [-0.4, -0.2) is 34.8 Å². The van der Waals surface area contributed by atoms with Gasteiger partial charge in [-0.25, -0.2) is 8.42 Å². The van der Waals surface area contributed by atoms with Crippen molar-refractivity contribution >= 4 is 15.7 Å². The monoisotopic (exact) mass is 429 g/mol. The SMILES string of the molecule is COc1ccc(S(=O)(=O)[C@H](CNC(=O)c2ccc3c(c2)OCO3)c2ccco2)cc1. The minimum absolute atomic E-state index is 0.0983. The molecule has 156 valence electrons. The largest absolute Gasteiger partial charge is 0.497 e. The van der Waals surface area contributed by atoms with Crippen molar-refractivity contribution in [3.8, 4) is 17.2 Å². The molecule has 1 aliphatic rings. The molecule has 0 spiro atoms. The molecule has 1 N–H and O–H groups in total. The highest BCUT2D eigenvalue weighted by atomic mass is 32.2. The number of hydrogen-bond donors (Lipinski definition) is 1. The third kappa shape index (κ3) is 3.84. The Morgan fingerprint density at radius 1 is 1.10 bits per heavy atom. The predicted molar refractivity (Wildman–Crippen MR) is 107 cm³/mol. The fourth-order valence-corrected chi connectivity index (χ4v) is 4.68. The van der Waals surface area contributed by atoms with E-state index in [1.54, 1.807) is 42.5 Å². The summed E-state index contributed by atoms with van der Waals surface area (Å²) in [5.74, 6) is 1.37. The molecule has 1 amide bonds. The number of ether oxygens (including phenoxy) is 3. The van der Waals surface area contributed by atoms with Gasteiger partial charge in [0, 0.05) is 12.1 Å². The Balaban J connectivity index is 1.56. The molecule has 1 aliphatic heterocycles. The number of methoxy groups -OCH3 is 1. The molecular formula is C21H19NO7S. The number of benzene rings is 2. The lowest BCUT2D eigenvalue weighted by molar-refractivity contribution is 0.0952. The molecule has 4 rings (SSSR count). The molecule has 0 bridgehead atoms. The van der Waals surface area contributed by atoms with Gasteiger partial charge in [-0.2, -0.15) is 0 Å². The summed E-state index contributed by atoms with van der Waals surface area (Å²) < 4.78 is 47.4. The van der Waals surface area contributed by atoms with Crippen LogP contribution in [0.15, 0.2) is 70.2 Å². The quantitative estimate of drug-likeness (QED) is 0.616. The molecule has 2 aromatic carbocycles. The summed E-state index contributed by atoms with van der Waals surface area (Å²) >= 11 is 0. The van der Waals surface area contributed by atoms with E-state index >= 15 is 0 Å². The molecule has 0 aliphatic carbocycles. The van der Waals surface area contributed by atoms with E-state index in [4.69, 9.17) is 18.6 Å². The average Bonchev–Trinajstić information content (AvgIpc) is 3.45. The van der Waals surface area contributed by atoms with Crippen molar-refractivity contribution in [3.63, 3.8) is 0 Å². The van der Waals surface area contributed by atoms with E-state index in [0.29, 0.717) is 22.8 Å². The van der Waals surface area contributed by atoms with E-state index < -0.39 is 21.0 Å². The Morgan fingerprint density at radius 2 is 1.87 bits per heavy atom. The van der Waals surface area contributed by atoms with Crippen molar-refractivity contribution in [1.82, 2.24) is 5.32 Å². The third-order valence-corrected chi connectivity index (χ3v) is 6.78. The first-order chi connectivity index (χ1) is 14.5. The summed E-state index contributed by atoms with van der Waals surface area (Å²) in [6.45, 7) is -0.0732. The summed E-state index contributed by atoms with van der Waals surface area (Å²) in [7, 11) is -2.34. The number of hydrogen-bond acceptors (Lipinski definition) is 7. The number of furan rings is 1. The number of fused-ring (bicyclic) bond motifs is 1. The van der Waals surface area contributed by atoms with Crippen LogP contribution >= 0.6 is 0 Å². The summed E-state index contributed by atoms with van der Waals surface area (Å²) in [4.78, 5) is 12.7. The van der Waals surface area contributed by atoms with Crippen molar-refractivity contribution in [2.75, 3.05) is 20.4 Å². The zero-order chi connectivity index (χ0) is 21.1. The topological polar surface area (TPSA) is 104 Å². The van der Waals surface area contributed by atoms with Crippen LogP contribution in [-0.2, 0) is 9.84 Å². The third-order valence-electron chi connectivity index (χ3n) is 4.71.